The Bertz CT molecular complexity index is 1370. The van der Waals surface area contributed by atoms with Crippen molar-refractivity contribution >= 4 is 34.3 Å². The molecule has 1 unspecified atom stereocenters. The van der Waals surface area contributed by atoms with Crippen LogP contribution in [-0.4, -0.2) is 44.6 Å². The van der Waals surface area contributed by atoms with Crippen molar-refractivity contribution in [3.8, 4) is 0 Å². The topological polar surface area (TPSA) is 80.1 Å². The summed E-state index contributed by atoms with van der Waals surface area (Å²) in [6, 6.07) is 18.9. The summed E-state index contributed by atoms with van der Waals surface area (Å²) in [5.41, 5.74) is 3.26. The lowest BCUT2D eigenvalue weighted by atomic mass is 10.0. The Kier molecular flexibility index (Phi) is 7.28. The van der Waals surface area contributed by atoms with Crippen molar-refractivity contribution in [2.24, 2.45) is 0 Å². The summed E-state index contributed by atoms with van der Waals surface area (Å²) in [5, 5.41) is 9.31. The molecular formula is C28H28ClN5O2. The molecule has 4 aromatic rings. The molecule has 7 nitrogen and oxygen atoms in total. The van der Waals surface area contributed by atoms with E-state index in [4.69, 9.17) is 16.7 Å². The number of hydrogen-bond donors (Lipinski definition) is 1. The third-order valence-corrected chi connectivity index (χ3v) is 6.83. The number of amides is 2. The molecule has 184 valence electrons. The van der Waals surface area contributed by atoms with Crippen molar-refractivity contribution in [1.82, 2.24) is 25.0 Å². The van der Waals surface area contributed by atoms with Gasteiger partial charge in [-0.2, -0.15) is 5.10 Å². The van der Waals surface area contributed by atoms with Crippen LogP contribution in [0.2, 0.25) is 5.02 Å². The molecule has 1 atom stereocenters. The van der Waals surface area contributed by atoms with Crippen LogP contribution in [0.4, 0.5) is 0 Å². The highest BCUT2D eigenvalue weighted by Gasteiger charge is 2.23. The summed E-state index contributed by atoms with van der Waals surface area (Å²) in [7, 11) is 0. The van der Waals surface area contributed by atoms with E-state index in [9.17, 15) is 9.59 Å². The van der Waals surface area contributed by atoms with Crippen molar-refractivity contribution in [2.45, 2.75) is 38.3 Å². The quantitative estimate of drug-likeness (QED) is 0.357. The molecule has 1 N–H and O–H groups in total. The third kappa shape index (κ3) is 5.74. The van der Waals surface area contributed by atoms with Crippen LogP contribution in [0.1, 0.15) is 46.8 Å². The summed E-state index contributed by atoms with van der Waals surface area (Å²) < 4.78 is 1.92. The van der Waals surface area contributed by atoms with E-state index < -0.39 is 0 Å². The van der Waals surface area contributed by atoms with Gasteiger partial charge in [-0.3, -0.25) is 19.3 Å². The van der Waals surface area contributed by atoms with Crippen LogP contribution in [0, 0.1) is 0 Å². The van der Waals surface area contributed by atoms with Gasteiger partial charge in [-0.25, -0.2) is 0 Å². The van der Waals surface area contributed by atoms with Gasteiger partial charge >= 0.3 is 0 Å². The molecule has 3 heterocycles. The minimum Gasteiger partial charge on any atom is -0.348 e. The number of carbonyl (C=O) groups is 2. The monoisotopic (exact) mass is 501 g/mol. The Balaban J connectivity index is 1.29. The van der Waals surface area contributed by atoms with Crippen molar-refractivity contribution in [3.63, 3.8) is 0 Å². The molecule has 2 aromatic carbocycles. The minimum atomic E-state index is -0.159. The summed E-state index contributed by atoms with van der Waals surface area (Å²) in [4.78, 5) is 31.3. The third-order valence-electron chi connectivity index (χ3n) is 6.59. The van der Waals surface area contributed by atoms with Gasteiger partial charge in [0.05, 0.1) is 5.52 Å². The van der Waals surface area contributed by atoms with Crippen LogP contribution < -0.4 is 5.32 Å². The first kappa shape index (κ1) is 24.0. The number of benzene rings is 2. The van der Waals surface area contributed by atoms with E-state index in [2.05, 4.69) is 10.3 Å². The van der Waals surface area contributed by atoms with Gasteiger partial charge in [0, 0.05) is 72.6 Å². The van der Waals surface area contributed by atoms with Crippen LogP contribution in [0.15, 0.2) is 73.1 Å². The van der Waals surface area contributed by atoms with Gasteiger partial charge in [-0.15, -0.1) is 0 Å². The average Bonchev–Trinajstić information content (AvgIpc) is 3.50. The lowest BCUT2D eigenvalue weighted by molar-refractivity contribution is -0.127. The Morgan fingerprint density at radius 1 is 1.11 bits per heavy atom. The van der Waals surface area contributed by atoms with Crippen molar-refractivity contribution < 1.29 is 9.59 Å². The zero-order chi connectivity index (χ0) is 24.9. The standard InChI is InChI=1S/C28H28ClN5O2/c29-24-6-3-5-20(15-24)17-31-28(36)21-9-10-22-18-34(32-26(22)16-21)19-23(25-7-1-2-12-30-25)11-14-33-13-4-8-27(33)35/h1-3,5-7,9-10,12,15-16,18,23H,4,8,11,13-14,17,19H2,(H,31,36). The van der Waals surface area contributed by atoms with Gasteiger partial charge in [-0.05, 0) is 54.8 Å². The molecule has 1 fully saturated rings. The number of nitrogens with one attached hydrogen (secondary N) is 1. The fourth-order valence-corrected chi connectivity index (χ4v) is 4.87. The molecule has 1 saturated heterocycles. The number of aromatic nitrogens is 3. The van der Waals surface area contributed by atoms with Crippen LogP contribution in [0.25, 0.3) is 10.9 Å². The molecular weight excluding hydrogens is 474 g/mol. The number of hydrogen-bond acceptors (Lipinski definition) is 4. The molecule has 0 saturated carbocycles. The van der Waals surface area contributed by atoms with Gasteiger partial charge < -0.3 is 10.2 Å². The Morgan fingerprint density at radius 3 is 2.81 bits per heavy atom. The van der Waals surface area contributed by atoms with Crippen LogP contribution >= 0.6 is 11.6 Å². The largest absolute Gasteiger partial charge is 0.348 e. The number of halogens is 1. The molecule has 0 spiro atoms. The predicted molar refractivity (Wildman–Crippen MR) is 140 cm³/mol. The molecule has 2 amide bonds. The first-order valence-electron chi connectivity index (χ1n) is 12.2. The predicted octanol–water partition coefficient (Wildman–Crippen LogP) is 4.81. The van der Waals surface area contributed by atoms with E-state index in [0.717, 1.165) is 48.1 Å². The molecule has 5 rings (SSSR count). The molecule has 2 aromatic heterocycles. The number of pyridine rings is 1. The van der Waals surface area contributed by atoms with Crippen molar-refractivity contribution in [3.05, 3.63) is 94.9 Å². The van der Waals surface area contributed by atoms with Gasteiger partial charge in [0.1, 0.15) is 0 Å². The molecule has 1 aliphatic heterocycles. The zero-order valence-electron chi connectivity index (χ0n) is 19.9. The second-order valence-corrected chi connectivity index (χ2v) is 9.60. The maximum atomic E-state index is 12.7. The fraction of sp³-hybridized carbons (Fsp3) is 0.286. The van der Waals surface area contributed by atoms with Gasteiger partial charge in [0.15, 0.2) is 0 Å². The highest BCUT2D eigenvalue weighted by Crippen LogP contribution is 2.23. The highest BCUT2D eigenvalue weighted by atomic mass is 35.5. The average molecular weight is 502 g/mol. The maximum Gasteiger partial charge on any atom is 0.251 e. The van der Waals surface area contributed by atoms with Gasteiger partial charge in [0.2, 0.25) is 5.91 Å². The van der Waals surface area contributed by atoms with Crippen LogP contribution in [-0.2, 0) is 17.9 Å². The van der Waals surface area contributed by atoms with Crippen LogP contribution in [0.3, 0.4) is 0 Å². The second kappa shape index (κ2) is 10.9. The molecule has 0 radical (unpaired) electrons. The molecule has 0 aliphatic carbocycles. The summed E-state index contributed by atoms with van der Waals surface area (Å²) in [6.45, 7) is 2.60. The lowest BCUT2D eigenvalue weighted by Crippen LogP contribution is -2.27. The molecule has 1 aliphatic rings. The molecule has 36 heavy (non-hydrogen) atoms. The van der Waals surface area contributed by atoms with Crippen LogP contribution in [0.5, 0.6) is 0 Å². The van der Waals surface area contributed by atoms with E-state index in [1.807, 2.05) is 76.4 Å². The van der Waals surface area contributed by atoms with Crippen molar-refractivity contribution in [1.29, 1.82) is 0 Å². The second-order valence-electron chi connectivity index (χ2n) is 9.16. The van der Waals surface area contributed by atoms with Gasteiger partial charge in [0.25, 0.3) is 5.91 Å². The van der Waals surface area contributed by atoms with E-state index >= 15 is 0 Å². The highest BCUT2D eigenvalue weighted by molar-refractivity contribution is 6.30. The normalized spacial score (nSPS) is 14.4. The summed E-state index contributed by atoms with van der Waals surface area (Å²) in [5.74, 6) is 0.197. The molecule has 8 heteroatoms. The fourth-order valence-electron chi connectivity index (χ4n) is 4.66. The number of carbonyl (C=O) groups excluding carboxylic acids is 2. The van der Waals surface area contributed by atoms with E-state index in [1.54, 1.807) is 6.20 Å². The van der Waals surface area contributed by atoms with E-state index in [-0.39, 0.29) is 17.7 Å². The first-order valence-corrected chi connectivity index (χ1v) is 12.6. The SMILES string of the molecule is O=C(NCc1cccc(Cl)c1)c1ccc2cn(CC(CCN3CCCC3=O)c3ccccn3)nc2c1. The van der Waals surface area contributed by atoms with E-state index in [0.29, 0.717) is 30.1 Å². The van der Waals surface area contributed by atoms with E-state index in [1.165, 1.54) is 0 Å². The Labute approximate surface area is 215 Å². The zero-order valence-corrected chi connectivity index (χ0v) is 20.7. The van der Waals surface area contributed by atoms with Crippen molar-refractivity contribution in [2.75, 3.05) is 13.1 Å². The maximum absolute atomic E-state index is 12.7. The minimum absolute atomic E-state index is 0.120. The Hall–Kier alpha value is -3.71. The number of likely N-dealkylation sites (tertiary alicyclic amines) is 1. The van der Waals surface area contributed by atoms with Gasteiger partial charge in [-0.1, -0.05) is 35.9 Å². The Morgan fingerprint density at radius 2 is 2.03 bits per heavy atom. The number of rotatable bonds is 9. The summed E-state index contributed by atoms with van der Waals surface area (Å²) in [6.07, 6.45) is 6.20. The first-order chi connectivity index (χ1) is 17.5. The number of nitrogens with zero attached hydrogens (tertiary/aromatic N) is 4. The lowest BCUT2D eigenvalue weighted by Gasteiger charge is -2.21. The molecule has 0 bridgehead atoms. The summed E-state index contributed by atoms with van der Waals surface area (Å²) >= 11 is 6.03. The number of fused-ring (bicyclic) bond motifs is 1. The smallest absolute Gasteiger partial charge is 0.251 e.